The van der Waals surface area contributed by atoms with Gasteiger partial charge in [0, 0.05) is 24.4 Å². The molecule has 2 amide bonds. The fourth-order valence-electron chi connectivity index (χ4n) is 2.60. The Labute approximate surface area is 171 Å². The molecule has 6 nitrogen and oxygen atoms in total. The van der Waals surface area contributed by atoms with E-state index >= 15 is 0 Å². The Kier molecular flexibility index (Phi) is 7.87. The Morgan fingerprint density at radius 1 is 1.21 bits per heavy atom. The lowest BCUT2D eigenvalue weighted by Crippen LogP contribution is -2.39. The van der Waals surface area contributed by atoms with Crippen molar-refractivity contribution < 1.29 is 19.1 Å². The maximum atomic E-state index is 12.8. The second kappa shape index (κ2) is 10.6. The molecule has 0 aliphatic rings. The van der Waals surface area contributed by atoms with E-state index in [2.05, 4.69) is 11.2 Å². The van der Waals surface area contributed by atoms with Gasteiger partial charge in [0.05, 0.1) is 13.7 Å². The minimum absolute atomic E-state index is 0.125. The summed E-state index contributed by atoms with van der Waals surface area (Å²) < 4.78 is 10.8. The van der Waals surface area contributed by atoms with Crippen LogP contribution in [-0.2, 0) is 9.59 Å². The van der Waals surface area contributed by atoms with Crippen molar-refractivity contribution >= 4 is 23.6 Å². The normalized spacial score (nSPS) is 10.3. The van der Waals surface area contributed by atoms with E-state index in [0.717, 1.165) is 5.56 Å². The molecule has 150 valence electrons. The Balaban J connectivity index is 2.29. The Hall–Kier alpha value is -3.72. The van der Waals surface area contributed by atoms with Gasteiger partial charge in [-0.1, -0.05) is 18.1 Å². The molecular formula is C23H24N2O4. The summed E-state index contributed by atoms with van der Waals surface area (Å²) in [7, 11) is 3.07. The van der Waals surface area contributed by atoms with Crippen LogP contribution >= 0.6 is 0 Å². The minimum Gasteiger partial charge on any atom is -0.493 e. The van der Waals surface area contributed by atoms with Crippen molar-refractivity contribution in [1.29, 1.82) is 0 Å². The van der Waals surface area contributed by atoms with E-state index in [1.807, 2.05) is 13.0 Å². The van der Waals surface area contributed by atoms with E-state index in [4.69, 9.17) is 15.9 Å². The van der Waals surface area contributed by atoms with Gasteiger partial charge in [0.2, 0.25) is 5.91 Å². The van der Waals surface area contributed by atoms with E-state index in [1.54, 1.807) is 49.6 Å². The molecule has 0 bridgehead atoms. The Bertz CT molecular complexity index is 944. The highest BCUT2D eigenvalue weighted by molar-refractivity contribution is 6.06. The average Bonchev–Trinajstić information content (AvgIpc) is 2.76. The number of terminal acetylenes is 1. The van der Waals surface area contributed by atoms with Crippen molar-refractivity contribution in [2.24, 2.45) is 0 Å². The number of carbonyl (C=O) groups excluding carboxylic acids is 2. The molecule has 0 saturated heterocycles. The van der Waals surface area contributed by atoms with Gasteiger partial charge in [0.25, 0.3) is 5.91 Å². The predicted octanol–water partition coefficient (Wildman–Crippen LogP) is 2.87. The van der Waals surface area contributed by atoms with Gasteiger partial charge >= 0.3 is 0 Å². The summed E-state index contributed by atoms with van der Waals surface area (Å²) in [6.45, 7) is 2.29. The number of anilines is 1. The quantitative estimate of drug-likeness (QED) is 0.554. The molecule has 0 spiro atoms. The van der Waals surface area contributed by atoms with Crippen LogP contribution in [0.5, 0.6) is 11.5 Å². The number of nitrogens with zero attached hydrogens (tertiary/aromatic N) is 1. The summed E-state index contributed by atoms with van der Waals surface area (Å²) in [4.78, 5) is 26.1. The summed E-state index contributed by atoms with van der Waals surface area (Å²) in [5.74, 6) is 3.09. The lowest BCUT2D eigenvalue weighted by molar-refractivity contribution is -0.121. The molecule has 0 fully saturated rings. The number of ether oxygens (including phenoxy) is 2. The van der Waals surface area contributed by atoms with Crippen LogP contribution in [0.2, 0.25) is 0 Å². The van der Waals surface area contributed by atoms with Crippen LogP contribution in [0, 0.1) is 12.3 Å². The third-order valence-corrected chi connectivity index (χ3v) is 4.08. The molecule has 0 radical (unpaired) electrons. The number of hydrogen-bond acceptors (Lipinski definition) is 4. The Morgan fingerprint density at radius 3 is 2.66 bits per heavy atom. The highest BCUT2D eigenvalue weighted by Crippen LogP contribution is 2.28. The molecule has 2 aromatic rings. The molecular weight excluding hydrogens is 368 g/mol. The highest BCUT2D eigenvalue weighted by Gasteiger charge is 2.17. The van der Waals surface area contributed by atoms with Crippen LogP contribution in [0.15, 0.2) is 48.5 Å². The number of rotatable bonds is 8. The fraction of sp³-hybridized carbons (Fsp3) is 0.217. The maximum absolute atomic E-state index is 12.8. The van der Waals surface area contributed by atoms with Gasteiger partial charge in [-0.15, -0.1) is 6.42 Å². The van der Waals surface area contributed by atoms with E-state index in [0.29, 0.717) is 29.4 Å². The number of likely N-dealkylation sites (N-methyl/N-ethyl adjacent to an activating group) is 1. The van der Waals surface area contributed by atoms with Crippen LogP contribution in [0.25, 0.3) is 6.08 Å². The van der Waals surface area contributed by atoms with E-state index in [-0.39, 0.29) is 18.4 Å². The molecule has 1 N–H and O–H groups in total. The molecule has 0 unspecified atom stereocenters. The fourth-order valence-corrected chi connectivity index (χ4v) is 2.60. The van der Waals surface area contributed by atoms with Crippen molar-refractivity contribution in [1.82, 2.24) is 5.32 Å². The van der Waals surface area contributed by atoms with Gasteiger partial charge < -0.3 is 14.8 Å². The summed E-state index contributed by atoms with van der Waals surface area (Å²) in [5.41, 5.74) is 1.93. The number of benzene rings is 2. The largest absolute Gasteiger partial charge is 0.493 e. The molecule has 6 heteroatoms. The van der Waals surface area contributed by atoms with Crippen molar-refractivity contribution in [3.63, 3.8) is 0 Å². The van der Waals surface area contributed by atoms with Gasteiger partial charge in [-0.3, -0.25) is 14.5 Å². The van der Waals surface area contributed by atoms with Gasteiger partial charge in [0.15, 0.2) is 11.5 Å². The molecule has 0 aliphatic heterocycles. The number of amides is 2. The SMILES string of the molecule is C#Cc1cccc(N(CC(=O)NC)C(=O)/C=C/c2ccc(OCC)c(OC)c2)c1. The topological polar surface area (TPSA) is 67.9 Å². The molecule has 2 rings (SSSR count). The zero-order valence-corrected chi connectivity index (χ0v) is 16.8. The molecule has 0 saturated carbocycles. The van der Waals surface area contributed by atoms with Gasteiger partial charge in [-0.05, 0) is 48.9 Å². The lowest BCUT2D eigenvalue weighted by Gasteiger charge is -2.20. The third kappa shape index (κ3) is 5.88. The van der Waals surface area contributed by atoms with Crippen molar-refractivity contribution in [3.05, 3.63) is 59.7 Å². The smallest absolute Gasteiger partial charge is 0.251 e. The van der Waals surface area contributed by atoms with Crippen LogP contribution in [0.1, 0.15) is 18.1 Å². The van der Waals surface area contributed by atoms with E-state index in [1.165, 1.54) is 18.0 Å². The zero-order valence-electron chi connectivity index (χ0n) is 16.8. The van der Waals surface area contributed by atoms with Gasteiger partial charge in [0.1, 0.15) is 6.54 Å². The van der Waals surface area contributed by atoms with Gasteiger partial charge in [-0.25, -0.2) is 0 Å². The highest BCUT2D eigenvalue weighted by atomic mass is 16.5. The first-order chi connectivity index (χ1) is 14.0. The number of nitrogens with one attached hydrogen (secondary N) is 1. The molecule has 29 heavy (non-hydrogen) atoms. The minimum atomic E-state index is -0.351. The average molecular weight is 392 g/mol. The zero-order chi connectivity index (χ0) is 21.2. The molecule has 0 aliphatic carbocycles. The second-order valence-electron chi connectivity index (χ2n) is 5.97. The molecule has 0 atom stereocenters. The van der Waals surface area contributed by atoms with E-state index in [9.17, 15) is 9.59 Å². The summed E-state index contributed by atoms with van der Waals surface area (Å²) in [5, 5.41) is 2.53. The Morgan fingerprint density at radius 2 is 2.00 bits per heavy atom. The predicted molar refractivity (Wildman–Crippen MR) is 114 cm³/mol. The summed E-state index contributed by atoms with van der Waals surface area (Å²) in [6.07, 6.45) is 8.51. The van der Waals surface area contributed by atoms with Crippen LogP contribution in [0.4, 0.5) is 5.69 Å². The second-order valence-corrected chi connectivity index (χ2v) is 5.97. The molecule has 2 aromatic carbocycles. The number of methoxy groups -OCH3 is 1. The standard InChI is InChI=1S/C23H24N2O4/c1-5-17-8-7-9-19(14-17)25(16-22(26)24-3)23(27)13-11-18-10-12-20(29-6-2)21(15-18)28-4/h1,7-15H,6,16H2,2-4H3,(H,24,26)/b13-11+. The lowest BCUT2D eigenvalue weighted by atomic mass is 10.1. The first kappa shape index (κ1) is 21.6. The summed E-state index contributed by atoms with van der Waals surface area (Å²) in [6, 6.07) is 12.3. The monoisotopic (exact) mass is 392 g/mol. The number of carbonyl (C=O) groups is 2. The molecule has 0 heterocycles. The first-order valence-corrected chi connectivity index (χ1v) is 9.10. The van der Waals surface area contributed by atoms with Crippen LogP contribution in [-0.4, -0.2) is 39.1 Å². The molecule has 0 aromatic heterocycles. The van der Waals surface area contributed by atoms with E-state index < -0.39 is 0 Å². The number of hydrogen-bond donors (Lipinski definition) is 1. The van der Waals surface area contributed by atoms with Crippen LogP contribution < -0.4 is 19.7 Å². The van der Waals surface area contributed by atoms with Crippen molar-refractivity contribution in [2.45, 2.75) is 6.92 Å². The van der Waals surface area contributed by atoms with Crippen molar-refractivity contribution in [3.8, 4) is 23.8 Å². The third-order valence-electron chi connectivity index (χ3n) is 4.08. The maximum Gasteiger partial charge on any atom is 0.251 e. The first-order valence-electron chi connectivity index (χ1n) is 9.10. The van der Waals surface area contributed by atoms with Crippen molar-refractivity contribution in [2.75, 3.05) is 32.2 Å². The van der Waals surface area contributed by atoms with Crippen LogP contribution in [0.3, 0.4) is 0 Å². The van der Waals surface area contributed by atoms with Gasteiger partial charge in [-0.2, -0.15) is 0 Å². The summed E-state index contributed by atoms with van der Waals surface area (Å²) >= 11 is 0.